The SMILES string of the molecule is CC(NC(=O)C(Cc1ccccc1)NC(=O)c1cc2cc(F)ccc2n1C)C(=O)O. The van der Waals surface area contributed by atoms with E-state index in [1.54, 1.807) is 23.7 Å². The number of benzene rings is 2. The quantitative estimate of drug-likeness (QED) is 0.555. The largest absolute Gasteiger partial charge is 0.480 e. The van der Waals surface area contributed by atoms with Crippen LogP contribution in [0, 0.1) is 5.82 Å². The number of rotatable bonds is 7. The van der Waals surface area contributed by atoms with E-state index in [2.05, 4.69) is 10.6 Å². The van der Waals surface area contributed by atoms with Gasteiger partial charge in [0.25, 0.3) is 5.91 Å². The maximum atomic E-state index is 13.5. The molecule has 7 nitrogen and oxygen atoms in total. The van der Waals surface area contributed by atoms with E-state index < -0.39 is 35.7 Å². The van der Waals surface area contributed by atoms with E-state index in [1.807, 2.05) is 30.3 Å². The van der Waals surface area contributed by atoms with Crippen LogP contribution in [-0.4, -0.2) is 39.5 Å². The zero-order valence-corrected chi connectivity index (χ0v) is 16.6. The average molecular weight is 411 g/mol. The second kappa shape index (κ2) is 8.77. The second-order valence-corrected chi connectivity index (χ2v) is 7.08. The molecule has 0 aliphatic carbocycles. The normalized spacial score (nSPS) is 12.9. The van der Waals surface area contributed by atoms with Gasteiger partial charge in [-0.15, -0.1) is 0 Å². The predicted octanol–water partition coefficient (Wildman–Crippen LogP) is 2.25. The summed E-state index contributed by atoms with van der Waals surface area (Å²) in [6, 6.07) is 12.7. The molecule has 0 saturated heterocycles. The Morgan fingerprint density at radius 1 is 1.07 bits per heavy atom. The van der Waals surface area contributed by atoms with Gasteiger partial charge in [-0.05, 0) is 36.8 Å². The van der Waals surface area contributed by atoms with Gasteiger partial charge in [0.2, 0.25) is 5.91 Å². The van der Waals surface area contributed by atoms with Gasteiger partial charge in [0, 0.05) is 24.4 Å². The van der Waals surface area contributed by atoms with Crippen molar-refractivity contribution in [3.05, 3.63) is 71.7 Å². The summed E-state index contributed by atoms with van der Waals surface area (Å²) in [5.41, 5.74) is 1.73. The van der Waals surface area contributed by atoms with Crippen LogP contribution in [0.1, 0.15) is 23.0 Å². The smallest absolute Gasteiger partial charge is 0.325 e. The lowest BCUT2D eigenvalue weighted by molar-refractivity contribution is -0.141. The molecule has 0 saturated carbocycles. The number of hydrogen-bond donors (Lipinski definition) is 3. The Balaban J connectivity index is 1.86. The molecule has 0 aliphatic rings. The van der Waals surface area contributed by atoms with Gasteiger partial charge in [0.05, 0.1) is 0 Å². The van der Waals surface area contributed by atoms with Crippen LogP contribution < -0.4 is 10.6 Å². The molecule has 0 aliphatic heterocycles. The van der Waals surface area contributed by atoms with Crippen molar-refractivity contribution in [3.63, 3.8) is 0 Å². The van der Waals surface area contributed by atoms with Crippen molar-refractivity contribution in [2.24, 2.45) is 7.05 Å². The molecule has 156 valence electrons. The van der Waals surface area contributed by atoms with E-state index in [-0.39, 0.29) is 12.1 Å². The number of hydrogen-bond acceptors (Lipinski definition) is 3. The summed E-state index contributed by atoms with van der Waals surface area (Å²) in [5.74, 6) is -2.71. The van der Waals surface area contributed by atoms with Gasteiger partial charge in [-0.25, -0.2) is 4.39 Å². The van der Waals surface area contributed by atoms with Crippen molar-refractivity contribution < 1.29 is 23.9 Å². The minimum absolute atomic E-state index is 0.184. The molecule has 0 bridgehead atoms. The van der Waals surface area contributed by atoms with Crippen LogP contribution in [0.5, 0.6) is 0 Å². The van der Waals surface area contributed by atoms with Gasteiger partial charge in [0.15, 0.2) is 0 Å². The summed E-state index contributed by atoms with van der Waals surface area (Å²) in [4.78, 5) is 36.7. The van der Waals surface area contributed by atoms with Crippen molar-refractivity contribution in [2.45, 2.75) is 25.4 Å². The third-order valence-electron chi connectivity index (χ3n) is 4.87. The Bertz CT molecular complexity index is 1090. The fourth-order valence-corrected chi connectivity index (χ4v) is 3.21. The highest BCUT2D eigenvalue weighted by atomic mass is 19.1. The fourth-order valence-electron chi connectivity index (χ4n) is 3.21. The molecule has 2 amide bonds. The Kier molecular flexibility index (Phi) is 6.15. The summed E-state index contributed by atoms with van der Waals surface area (Å²) in [6.45, 7) is 1.35. The van der Waals surface area contributed by atoms with E-state index in [4.69, 9.17) is 5.11 Å². The van der Waals surface area contributed by atoms with E-state index in [1.165, 1.54) is 19.1 Å². The van der Waals surface area contributed by atoms with E-state index >= 15 is 0 Å². The van der Waals surface area contributed by atoms with Crippen molar-refractivity contribution in [1.29, 1.82) is 0 Å². The highest BCUT2D eigenvalue weighted by Crippen LogP contribution is 2.20. The summed E-state index contributed by atoms with van der Waals surface area (Å²) < 4.78 is 15.1. The number of halogens is 1. The molecule has 3 N–H and O–H groups in total. The van der Waals surface area contributed by atoms with Gasteiger partial charge < -0.3 is 20.3 Å². The number of carbonyl (C=O) groups excluding carboxylic acids is 2. The topological polar surface area (TPSA) is 100 Å². The summed E-state index contributed by atoms with van der Waals surface area (Å²) in [7, 11) is 1.67. The highest BCUT2D eigenvalue weighted by Gasteiger charge is 2.26. The fraction of sp³-hybridized carbons (Fsp3) is 0.227. The van der Waals surface area contributed by atoms with Crippen LogP contribution >= 0.6 is 0 Å². The molecule has 0 spiro atoms. The molecule has 2 atom stereocenters. The first-order valence-corrected chi connectivity index (χ1v) is 9.39. The maximum Gasteiger partial charge on any atom is 0.325 e. The number of aryl methyl sites for hydroxylation is 1. The Morgan fingerprint density at radius 3 is 2.43 bits per heavy atom. The zero-order chi connectivity index (χ0) is 21.8. The van der Waals surface area contributed by atoms with E-state index in [0.717, 1.165) is 5.56 Å². The average Bonchev–Trinajstić information content (AvgIpc) is 3.03. The number of carbonyl (C=O) groups is 3. The molecule has 8 heteroatoms. The van der Waals surface area contributed by atoms with Crippen LogP contribution in [0.4, 0.5) is 4.39 Å². The molecular weight excluding hydrogens is 389 g/mol. The molecule has 1 aromatic heterocycles. The predicted molar refractivity (Wildman–Crippen MR) is 110 cm³/mol. The Hall–Kier alpha value is -3.68. The molecule has 2 aromatic carbocycles. The minimum atomic E-state index is -1.18. The number of nitrogens with zero attached hydrogens (tertiary/aromatic N) is 1. The summed E-state index contributed by atoms with van der Waals surface area (Å²) in [5, 5.41) is 14.7. The zero-order valence-electron chi connectivity index (χ0n) is 16.6. The van der Waals surface area contributed by atoms with Crippen molar-refractivity contribution >= 4 is 28.7 Å². The first kappa shape index (κ1) is 21.0. The van der Waals surface area contributed by atoms with Crippen LogP contribution in [0.2, 0.25) is 0 Å². The molecule has 3 aromatic rings. The number of aromatic nitrogens is 1. The second-order valence-electron chi connectivity index (χ2n) is 7.08. The van der Waals surface area contributed by atoms with Crippen LogP contribution in [0.3, 0.4) is 0 Å². The van der Waals surface area contributed by atoms with Crippen molar-refractivity contribution in [2.75, 3.05) is 0 Å². The van der Waals surface area contributed by atoms with Crippen molar-refractivity contribution in [3.8, 4) is 0 Å². The molecule has 3 rings (SSSR count). The monoisotopic (exact) mass is 411 g/mol. The van der Waals surface area contributed by atoms with Gasteiger partial charge in [-0.3, -0.25) is 14.4 Å². The molecule has 0 radical (unpaired) electrons. The highest BCUT2D eigenvalue weighted by molar-refractivity contribution is 6.01. The van der Waals surface area contributed by atoms with E-state index in [0.29, 0.717) is 10.9 Å². The number of fused-ring (bicyclic) bond motifs is 1. The molecule has 0 fully saturated rings. The third-order valence-corrected chi connectivity index (χ3v) is 4.87. The molecule has 1 heterocycles. The lowest BCUT2D eigenvalue weighted by Gasteiger charge is -2.20. The third kappa shape index (κ3) is 4.65. The number of carboxylic acids is 1. The molecule has 30 heavy (non-hydrogen) atoms. The van der Waals surface area contributed by atoms with E-state index in [9.17, 15) is 18.8 Å². The minimum Gasteiger partial charge on any atom is -0.480 e. The summed E-state index contributed by atoms with van der Waals surface area (Å²) in [6.07, 6.45) is 0.184. The lowest BCUT2D eigenvalue weighted by Crippen LogP contribution is -2.51. The molecular formula is C22H22FN3O4. The lowest BCUT2D eigenvalue weighted by atomic mass is 10.0. The number of carboxylic acid groups (broad SMARTS) is 1. The van der Waals surface area contributed by atoms with Crippen molar-refractivity contribution in [1.82, 2.24) is 15.2 Å². The van der Waals surface area contributed by atoms with Gasteiger partial charge in [-0.1, -0.05) is 30.3 Å². The summed E-state index contributed by atoms with van der Waals surface area (Å²) >= 11 is 0. The maximum absolute atomic E-state index is 13.5. The van der Waals surface area contributed by atoms with Gasteiger partial charge in [-0.2, -0.15) is 0 Å². The van der Waals surface area contributed by atoms with Gasteiger partial charge in [0.1, 0.15) is 23.6 Å². The standard InChI is InChI=1S/C22H22FN3O4/c1-13(22(29)30)24-20(27)17(10-14-6-4-3-5-7-14)25-21(28)19-12-15-11-16(23)8-9-18(15)26(19)2/h3-9,11-13,17H,10H2,1-2H3,(H,24,27)(H,25,28)(H,29,30). The number of amides is 2. The van der Waals surface area contributed by atoms with Crippen LogP contribution in [-0.2, 0) is 23.1 Å². The molecule has 2 unspecified atom stereocenters. The number of nitrogens with one attached hydrogen (secondary N) is 2. The first-order valence-electron chi connectivity index (χ1n) is 9.39. The Labute approximate surface area is 172 Å². The Morgan fingerprint density at radius 2 is 1.77 bits per heavy atom. The van der Waals surface area contributed by atoms with Crippen LogP contribution in [0.25, 0.3) is 10.9 Å². The van der Waals surface area contributed by atoms with Gasteiger partial charge >= 0.3 is 5.97 Å². The first-order chi connectivity index (χ1) is 14.3. The van der Waals surface area contributed by atoms with Crippen LogP contribution in [0.15, 0.2) is 54.6 Å². The number of aliphatic carboxylic acids is 1.